The molecule has 0 spiro atoms. The van der Waals surface area contributed by atoms with Crippen LogP contribution in [0.3, 0.4) is 0 Å². The van der Waals surface area contributed by atoms with Gasteiger partial charge in [-0.25, -0.2) is 0 Å². The third-order valence-corrected chi connectivity index (χ3v) is 7.02. The molecule has 9 heteroatoms. The van der Waals surface area contributed by atoms with Gasteiger partial charge < -0.3 is 29.7 Å². The highest BCUT2D eigenvalue weighted by atomic mass is 31.1. The summed E-state index contributed by atoms with van der Waals surface area (Å²) in [4.78, 5) is 24.3. The number of hydrogen-bond acceptors (Lipinski definition) is 6. The summed E-state index contributed by atoms with van der Waals surface area (Å²) < 4.78 is 20.7. The molecule has 0 radical (unpaired) electrons. The van der Waals surface area contributed by atoms with Crippen LogP contribution in [0.2, 0.25) is 0 Å². The molecule has 3 aromatic carbocycles. The van der Waals surface area contributed by atoms with Crippen molar-refractivity contribution in [3.63, 3.8) is 0 Å². The quantitative estimate of drug-likeness (QED) is 0.196. The van der Waals surface area contributed by atoms with Crippen molar-refractivity contribution in [2.24, 2.45) is 5.92 Å². The van der Waals surface area contributed by atoms with E-state index in [1.165, 1.54) is 12.8 Å². The van der Waals surface area contributed by atoms with Crippen LogP contribution in [0.25, 0.3) is 10.8 Å². The van der Waals surface area contributed by atoms with E-state index in [-0.39, 0.29) is 12.5 Å². The zero-order valence-electron chi connectivity index (χ0n) is 21.5. The number of anilines is 2. The second kappa shape index (κ2) is 13.1. The molecule has 1 unspecified atom stereocenters. The summed E-state index contributed by atoms with van der Waals surface area (Å²) in [6.45, 7) is 5.63. The van der Waals surface area contributed by atoms with E-state index in [9.17, 15) is 9.36 Å². The van der Waals surface area contributed by atoms with Gasteiger partial charge in [0.1, 0.15) is 5.75 Å². The molecule has 8 nitrogen and oxygen atoms in total. The van der Waals surface area contributed by atoms with Crippen LogP contribution in [0.5, 0.6) is 5.75 Å². The van der Waals surface area contributed by atoms with Gasteiger partial charge in [0.25, 0.3) is 5.91 Å². The normalized spacial score (nSPS) is 13.9. The SMILES string of the molecule is CCN(CC1CC1)c1cc(C(=O)Nc2ccc(CNCCCO[PH](=O)O)cc2)cc2ccc(OC)cc12. The van der Waals surface area contributed by atoms with Crippen LogP contribution < -0.4 is 20.3 Å². The number of carbonyl (C=O) groups excluding carboxylic acids is 1. The maximum atomic E-state index is 13.3. The average molecular weight is 526 g/mol. The van der Waals surface area contributed by atoms with Crippen molar-refractivity contribution in [2.45, 2.75) is 32.7 Å². The maximum absolute atomic E-state index is 13.3. The molecule has 0 aromatic heterocycles. The van der Waals surface area contributed by atoms with E-state index in [4.69, 9.17) is 9.63 Å². The molecule has 0 aliphatic heterocycles. The maximum Gasteiger partial charge on any atom is 0.316 e. The van der Waals surface area contributed by atoms with Crippen LogP contribution in [0.1, 0.15) is 42.1 Å². The highest BCUT2D eigenvalue weighted by Gasteiger charge is 2.25. The van der Waals surface area contributed by atoms with Gasteiger partial charge in [0.2, 0.25) is 0 Å². The lowest BCUT2D eigenvalue weighted by Gasteiger charge is -2.25. The van der Waals surface area contributed by atoms with Crippen LogP contribution in [-0.4, -0.2) is 44.2 Å². The molecular formula is C28H36N3O5P. The van der Waals surface area contributed by atoms with Crippen LogP contribution in [0.15, 0.2) is 54.6 Å². The highest BCUT2D eigenvalue weighted by Crippen LogP contribution is 2.36. The van der Waals surface area contributed by atoms with Crippen molar-refractivity contribution >= 4 is 36.3 Å². The number of hydrogen-bond donors (Lipinski definition) is 3. The third kappa shape index (κ3) is 7.79. The number of nitrogens with zero attached hydrogens (tertiary/aromatic N) is 1. The molecule has 1 aliphatic rings. The molecule has 3 N–H and O–H groups in total. The van der Waals surface area contributed by atoms with Gasteiger partial charge in [-0.1, -0.05) is 18.2 Å². The van der Waals surface area contributed by atoms with Crippen molar-refractivity contribution in [1.82, 2.24) is 5.32 Å². The molecule has 0 saturated heterocycles. The summed E-state index contributed by atoms with van der Waals surface area (Å²) in [7, 11) is -1.18. The van der Waals surface area contributed by atoms with Crippen LogP contribution in [0.4, 0.5) is 11.4 Å². The summed E-state index contributed by atoms with van der Waals surface area (Å²) in [6.07, 6.45) is 3.19. The molecule has 3 aromatic rings. The summed E-state index contributed by atoms with van der Waals surface area (Å²) >= 11 is 0. The predicted octanol–water partition coefficient (Wildman–Crippen LogP) is 5.22. The number of methoxy groups -OCH3 is 1. The molecule has 198 valence electrons. The fraction of sp³-hybridized carbons (Fsp3) is 0.393. The second-order valence-corrected chi connectivity index (χ2v) is 10.2. The van der Waals surface area contributed by atoms with Gasteiger partial charge in [-0.05, 0) is 86.0 Å². The van der Waals surface area contributed by atoms with Crippen LogP contribution >= 0.6 is 8.25 Å². The largest absolute Gasteiger partial charge is 0.497 e. The van der Waals surface area contributed by atoms with Crippen molar-refractivity contribution in [2.75, 3.05) is 43.6 Å². The zero-order valence-corrected chi connectivity index (χ0v) is 22.5. The number of amides is 1. The molecule has 4 rings (SSSR count). The number of fused-ring (bicyclic) bond motifs is 1. The minimum Gasteiger partial charge on any atom is -0.497 e. The Morgan fingerprint density at radius 2 is 1.92 bits per heavy atom. The Balaban J connectivity index is 1.44. The Morgan fingerprint density at radius 1 is 1.14 bits per heavy atom. The van der Waals surface area contributed by atoms with Gasteiger partial charge in [0.15, 0.2) is 0 Å². The lowest BCUT2D eigenvalue weighted by atomic mass is 10.0. The van der Waals surface area contributed by atoms with Gasteiger partial charge in [0.05, 0.1) is 13.7 Å². The lowest BCUT2D eigenvalue weighted by Crippen LogP contribution is -2.26. The first kappa shape index (κ1) is 27.1. The molecule has 1 fully saturated rings. The van der Waals surface area contributed by atoms with E-state index in [0.29, 0.717) is 25.1 Å². The number of ether oxygens (including phenoxy) is 1. The van der Waals surface area contributed by atoms with Gasteiger partial charge in [-0.2, -0.15) is 0 Å². The summed E-state index contributed by atoms with van der Waals surface area (Å²) in [5.74, 6) is 1.39. The van der Waals surface area contributed by atoms with Crippen molar-refractivity contribution in [3.05, 3.63) is 65.7 Å². The van der Waals surface area contributed by atoms with Crippen LogP contribution in [-0.2, 0) is 15.6 Å². The van der Waals surface area contributed by atoms with Crippen molar-refractivity contribution in [3.8, 4) is 5.75 Å². The molecule has 1 saturated carbocycles. The first-order chi connectivity index (χ1) is 18.0. The first-order valence-electron chi connectivity index (χ1n) is 12.8. The zero-order chi connectivity index (χ0) is 26.2. The topological polar surface area (TPSA) is 100 Å². The summed E-state index contributed by atoms with van der Waals surface area (Å²) in [5.41, 5.74) is 3.50. The van der Waals surface area contributed by atoms with E-state index < -0.39 is 8.25 Å². The van der Waals surface area contributed by atoms with E-state index >= 15 is 0 Å². The fourth-order valence-electron chi connectivity index (χ4n) is 4.35. The molecule has 37 heavy (non-hydrogen) atoms. The van der Waals surface area contributed by atoms with Gasteiger partial charge in [0, 0.05) is 42.0 Å². The Morgan fingerprint density at radius 3 is 2.59 bits per heavy atom. The fourth-order valence-corrected chi connectivity index (χ4v) is 4.66. The van der Waals surface area contributed by atoms with Gasteiger partial charge in [-0.3, -0.25) is 9.36 Å². The molecule has 0 bridgehead atoms. The molecule has 1 amide bonds. The Hall–Kier alpha value is -2.90. The number of carbonyl (C=O) groups is 1. The third-order valence-electron chi connectivity index (χ3n) is 6.56. The monoisotopic (exact) mass is 525 g/mol. The van der Waals surface area contributed by atoms with Gasteiger partial charge in [-0.15, -0.1) is 0 Å². The summed E-state index contributed by atoms with van der Waals surface area (Å²) in [5, 5.41) is 8.41. The van der Waals surface area contributed by atoms with Crippen LogP contribution in [0, 0.1) is 5.92 Å². The molecule has 1 aliphatic carbocycles. The smallest absolute Gasteiger partial charge is 0.316 e. The predicted molar refractivity (Wildman–Crippen MR) is 149 cm³/mol. The van der Waals surface area contributed by atoms with E-state index in [2.05, 4.69) is 33.0 Å². The minimum absolute atomic E-state index is 0.143. The van der Waals surface area contributed by atoms with E-state index in [1.54, 1.807) is 7.11 Å². The standard InChI is InChI=1S/C28H36N3O5P/c1-3-31(19-21-5-6-21)27-16-23(15-22-9-12-25(35-2)17-26(22)27)28(32)30-24-10-7-20(8-11-24)18-29-13-4-14-36-37(33)34/h7-12,15-17,21,29,37H,3-6,13-14,18-19H2,1-2H3,(H,30,32)(H,33,34). The summed E-state index contributed by atoms with van der Waals surface area (Å²) in [6, 6.07) is 17.7. The first-order valence-corrected chi connectivity index (χ1v) is 14.1. The molecule has 0 heterocycles. The highest BCUT2D eigenvalue weighted by molar-refractivity contribution is 7.32. The second-order valence-electron chi connectivity index (χ2n) is 9.36. The van der Waals surface area contributed by atoms with E-state index in [0.717, 1.165) is 52.5 Å². The number of rotatable bonds is 14. The minimum atomic E-state index is -2.85. The number of benzene rings is 3. The van der Waals surface area contributed by atoms with Crippen molar-refractivity contribution < 1.29 is 23.5 Å². The molecular weight excluding hydrogens is 489 g/mol. The van der Waals surface area contributed by atoms with Crippen molar-refractivity contribution in [1.29, 1.82) is 0 Å². The Bertz CT molecular complexity index is 1230. The van der Waals surface area contributed by atoms with Gasteiger partial charge >= 0.3 is 8.25 Å². The Labute approximate surface area is 218 Å². The lowest BCUT2D eigenvalue weighted by molar-refractivity contribution is 0.102. The molecule has 1 atom stereocenters. The Kier molecular flexibility index (Phi) is 9.58. The average Bonchev–Trinajstić information content (AvgIpc) is 3.73. The number of nitrogens with one attached hydrogen (secondary N) is 2. The van der Waals surface area contributed by atoms with E-state index in [1.807, 2.05) is 48.5 Å².